The summed E-state index contributed by atoms with van der Waals surface area (Å²) in [5.41, 5.74) is 7.43. The third-order valence-electron chi connectivity index (χ3n) is 5.86. The Hall–Kier alpha value is -0.340. The average Bonchev–Trinajstić information content (AvgIpc) is 2.61. The molecule has 3 N–H and O–H groups in total. The summed E-state index contributed by atoms with van der Waals surface area (Å²) in [5.74, 6) is 2.40. The van der Waals surface area contributed by atoms with Crippen LogP contribution < -0.4 is 11.1 Å². The van der Waals surface area contributed by atoms with E-state index in [0.29, 0.717) is 6.04 Å². The van der Waals surface area contributed by atoms with Crippen molar-refractivity contribution in [2.45, 2.75) is 85.1 Å². The highest BCUT2D eigenvalue weighted by atomic mass is 14.9. The molecular formula is C20H40N2. The van der Waals surface area contributed by atoms with Crippen molar-refractivity contribution < 1.29 is 0 Å². The van der Waals surface area contributed by atoms with Crippen LogP contribution in [0.5, 0.6) is 0 Å². The van der Waals surface area contributed by atoms with Gasteiger partial charge in [0.15, 0.2) is 0 Å². The van der Waals surface area contributed by atoms with Gasteiger partial charge in [0.25, 0.3) is 0 Å². The Labute approximate surface area is 139 Å². The standard InChI is InChI=1S/C20H40N2/c1-5-18-9-7-8-10-20(16(3)11-12-18)15-22-17(4)19(6-2)13-14-21/h9,16-17,19-20,22H,5-8,10-15,21H2,1-4H3. The summed E-state index contributed by atoms with van der Waals surface area (Å²) in [5, 5.41) is 3.84. The maximum absolute atomic E-state index is 5.75. The van der Waals surface area contributed by atoms with Crippen molar-refractivity contribution in [1.82, 2.24) is 5.32 Å². The molecule has 1 aliphatic carbocycles. The van der Waals surface area contributed by atoms with Gasteiger partial charge >= 0.3 is 0 Å². The van der Waals surface area contributed by atoms with E-state index in [-0.39, 0.29) is 0 Å². The lowest BCUT2D eigenvalue weighted by molar-refractivity contribution is 0.265. The van der Waals surface area contributed by atoms with Crippen LogP contribution in [-0.2, 0) is 0 Å². The van der Waals surface area contributed by atoms with E-state index >= 15 is 0 Å². The van der Waals surface area contributed by atoms with Crippen LogP contribution in [0.2, 0.25) is 0 Å². The van der Waals surface area contributed by atoms with E-state index in [1.807, 2.05) is 0 Å². The highest BCUT2D eigenvalue weighted by Crippen LogP contribution is 2.28. The number of rotatable bonds is 8. The molecule has 2 nitrogen and oxygen atoms in total. The lowest BCUT2D eigenvalue weighted by Gasteiger charge is -2.29. The van der Waals surface area contributed by atoms with Crippen LogP contribution in [0.1, 0.15) is 79.1 Å². The first-order valence-corrected chi connectivity index (χ1v) is 9.73. The molecule has 0 aromatic rings. The minimum absolute atomic E-state index is 0.595. The van der Waals surface area contributed by atoms with Gasteiger partial charge in [-0.15, -0.1) is 0 Å². The first-order valence-electron chi connectivity index (χ1n) is 9.73. The SMILES string of the molecule is CCC1=CCCCC(CNC(C)C(CC)CCN)C(C)CC1. The van der Waals surface area contributed by atoms with Crippen LogP contribution >= 0.6 is 0 Å². The fourth-order valence-corrected chi connectivity index (χ4v) is 3.87. The number of hydrogen-bond donors (Lipinski definition) is 2. The molecule has 4 atom stereocenters. The molecule has 0 aliphatic heterocycles. The molecule has 0 bridgehead atoms. The van der Waals surface area contributed by atoms with Crippen molar-refractivity contribution in [2.75, 3.05) is 13.1 Å². The minimum Gasteiger partial charge on any atom is -0.330 e. The van der Waals surface area contributed by atoms with Gasteiger partial charge in [-0.2, -0.15) is 0 Å². The molecule has 0 aromatic carbocycles. The van der Waals surface area contributed by atoms with E-state index in [2.05, 4.69) is 39.1 Å². The molecule has 0 saturated heterocycles. The summed E-state index contributed by atoms with van der Waals surface area (Å²) in [7, 11) is 0. The van der Waals surface area contributed by atoms with Crippen LogP contribution in [0.15, 0.2) is 11.6 Å². The Morgan fingerprint density at radius 1 is 1.32 bits per heavy atom. The Morgan fingerprint density at radius 2 is 2.09 bits per heavy atom. The average molecular weight is 309 g/mol. The monoisotopic (exact) mass is 308 g/mol. The highest BCUT2D eigenvalue weighted by Gasteiger charge is 2.21. The van der Waals surface area contributed by atoms with Crippen molar-refractivity contribution in [3.05, 3.63) is 11.6 Å². The lowest BCUT2D eigenvalue weighted by Crippen LogP contribution is -2.38. The van der Waals surface area contributed by atoms with Crippen molar-refractivity contribution in [3.8, 4) is 0 Å². The number of nitrogens with one attached hydrogen (secondary N) is 1. The molecule has 0 spiro atoms. The zero-order valence-electron chi connectivity index (χ0n) is 15.5. The Balaban J connectivity index is 2.46. The van der Waals surface area contributed by atoms with Crippen molar-refractivity contribution in [3.63, 3.8) is 0 Å². The maximum atomic E-state index is 5.75. The summed E-state index contributed by atoms with van der Waals surface area (Å²) in [6.07, 6.45) is 12.8. The molecule has 0 amide bonds. The first-order chi connectivity index (χ1) is 10.6. The molecule has 0 aromatic heterocycles. The molecular weight excluding hydrogens is 268 g/mol. The lowest BCUT2D eigenvalue weighted by atomic mass is 9.85. The van der Waals surface area contributed by atoms with Gasteiger partial charge in [-0.25, -0.2) is 0 Å². The zero-order chi connectivity index (χ0) is 16.4. The third-order valence-corrected chi connectivity index (χ3v) is 5.86. The Morgan fingerprint density at radius 3 is 2.73 bits per heavy atom. The largest absolute Gasteiger partial charge is 0.330 e. The van der Waals surface area contributed by atoms with Crippen LogP contribution in [-0.4, -0.2) is 19.1 Å². The van der Waals surface area contributed by atoms with Crippen molar-refractivity contribution in [1.29, 1.82) is 0 Å². The smallest absolute Gasteiger partial charge is 0.00674 e. The van der Waals surface area contributed by atoms with Crippen LogP contribution in [0.4, 0.5) is 0 Å². The Kier molecular flexibility index (Phi) is 10.1. The minimum atomic E-state index is 0.595. The molecule has 2 heteroatoms. The van der Waals surface area contributed by atoms with Crippen LogP contribution in [0.25, 0.3) is 0 Å². The van der Waals surface area contributed by atoms with Crippen molar-refractivity contribution >= 4 is 0 Å². The second-order valence-corrected chi connectivity index (χ2v) is 7.37. The van der Waals surface area contributed by atoms with Crippen LogP contribution in [0, 0.1) is 17.8 Å². The van der Waals surface area contributed by atoms with Gasteiger partial charge in [-0.1, -0.05) is 38.8 Å². The maximum Gasteiger partial charge on any atom is 0.00674 e. The summed E-state index contributed by atoms with van der Waals surface area (Å²) < 4.78 is 0. The van der Waals surface area contributed by atoms with Gasteiger partial charge < -0.3 is 11.1 Å². The fourth-order valence-electron chi connectivity index (χ4n) is 3.87. The zero-order valence-corrected chi connectivity index (χ0v) is 15.5. The van der Waals surface area contributed by atoms with Gasteiger partial charge in [0.05, 0.1) is 0 Å². The topological polar surface area (TPSA) is 38.0 Å². The summed E-state index contributed by atoms with van der Waals surface area (Å²) in [6.45, 7) is 11.4. The molecule has 0 radical (unpaired) electrons. The highest BCUT2D eigenvalue weighted by molar-refractivity contribution is 5.02. The van der Waals surface area contributed by atoms with Gasteiger partial charge in [-0.3, -0.25) is 0 Å². The first kappa shape index (κ1) is 19.7. The van der Waals surface area contributed by atoms with E-state index in [1.54, 1.807) is 5.57 Å². The number of hydrogen-bond acceptors (Lipinski definition) is 2. The second kappa shape index (κ2) is 11.2. The van der Waals surface area contributed by atoms with E-state index in [9.17, 15) is 0 Å². The van der Waals surface area contributed by atoms with Gasteiger partial charge in [0.1, 0.15) is 0 Å². The fraction of sp³-hybridized carbons (Fsp3) is 0.900. The van der Waals surface area contributed by atoms with Gasteiger partial charge in [0, 0.05) is 6.04 Å². The second-order valence-electron chi connectivity index (χ2n) is 7.37. The van der Waals surface area contributed by atoms with E-state index in [1.165, 1.54) is 51.5 Å². The molecule has 130 valence electrons. The Bertz CT molecular complexity index is 311. The molecule has 0 saturated carbocycles. The quantitative estimate of drug-likeness (QED) is 0.626. The molecule has 0 heterocycles. The van der Waals surface area contributed by atoms with Gasteiger partial charge in [-0.05, 0) is 82.7 Å². The van der Waals surface area contributed by atoms with Crippen LogP contribution in [0.3, 0.4) is 0 Å². The summed E-state index contributed by atoms with van der Waals surface area (Å²) in [4.78, 5) is 0. The van der Waals surface area contributed by atoms with E-state index < -0.39 is 0 Å². The predicted octanol–water partition coefficient (Wildman–Crippen LogP) is 4.89. The normalized spacial score (nSPS) is 26.5. The molecule has 4 unspecified atom stereocenters. The predicted molar refractivity (Wildman–Crippen MR) is 99.0 cm³/mol. The van der Waals surface area contributed by atoms with Crippen molar-refractivity contribution in [2.24, 2.45) is 23.5 Å². The molecule has 1 aliphatic rings. The van der Waals surface area contributed by atoms with E-state index in [0.717, 1.165) is 30.7 Å². The number of allylic oxidation sites excluding steroid dienone is 2. The van der Waals surface area contributed by atoms with E-state index in [4.69, 9.17) is 5.73 Å². The third kappa shape index (κ3) is 6.83. The number of nitrogens with two attached hydrogens (primary N) is 1. The summed E-state index contributed by atoms with van der Waals surface area (Å²) >= 11 is 0. The van der Waals surface area contributed by atoms with Gasteiger partial charge in [0.2, 0.25) is 0 Å². The molecule has 0 fully saturated rings. The summed E-state index contributed by atoms with van der Waals surface area (Å²) in [6, 6.07) is 0.595. The molecule has 22 heavy (non-hydrogen) atoms. The molecule has 1 rings (SSSR count).